The average Bonchev–Trinajstić information content (AvgIpc) is 3.32. The van der Waals surface area contributed by atoms with Crippen LogP contribution in [0, 0.1) is 6.92 Å². The van der Waals surface area contributed by atoms with E-state index in [9.17, 15) is 9.59 Å². The van der Waals surface area contributed by atoms with Crippen LogP contribution in [0.4, 0.5) is 0 Å². The maximum absolute atomic E-state index is 13.0. The third-order valence-electron chi connectivity index (χ3n) is 5.14. The summed E-state index contributed by atoms with van der Waals surface area (Å²) in [6.45, 7) is 2.27. The highest BCUT2D eigenvalue weighted by Gasteiger charge is 2.16. The molecule has 0 aliphatic carbocycles. The summed E-state index contributed by atoms with van der Waals surface area (Å²) in [5.74, 6) is 0.246. The lowest BCUT2D eigenvalue weighted by atomic mass is 10.1. The number of hydrogen-bond donors (Lipinski definition) is 2. The monoisotopic (exact) mass is 470 g/mol. The van der Waals surface area contributed by atoms with Gasteiger partial charge in [-0.15, -0.1) is 0 Å². The second-order valence-corrected chi connectivity index (χ2v) is 8.19. The molecular formula is C28H23ClN2O3. The Balaban J connectivity index is 1.57. The first-order chi connectivity index (χ1) is 16.5. The van der Waals surface area contributed by atoms with Gasteiger partial charge in [0.15, 0.2) is 0 Å². The maximum atomic E-state index is 13.0. The van der Waals surface area contributed by atoms with Crippen molar-refractivity contribution in [2.24, 2.45) is 0 Å². The van der Waals surface area contributed by atoms with E-state index >= 15 is 0 Å². The zero-order valence-corrected chi connectivity index (χ0v) is 19.3. The van der Waals surface area contributed by atoms with E-state index in [1.54, 1.807) is 36.4 Å². The summed E-state index contributed by atoms with van der Waals surface area (Å²) in [4.78, 5) is 25.8. The van der Waals surface area contributed by atoms with E-state index in [1.807, 2.05) is 61.5 Å². The van der Waals surface area contributed by atoms with Gasteiger partial charge in [-0.1, -0.05) is 59.6 Å². The number of carbonyl (C=O) groups is 2. The van der Waals surface area contributed by atoms with Crippen LogP contribution in [0.5, 0.6) is 0 Å². The highest BCUT2D eigenvalue weighted by molar-refractivity contribution is 6.30. The van der Waals surface area contributed by atoms with Crippen LogP contribution in [0.1, 0.15) is 27.2 Å². The van der Waals surface area contributed by atoms with Gasteiger partial charge >= 0.3 is 0 Å². The normalized spacial score (nSPS) is 11.2. The van der Waals surface area contributed by atoms with Crippen molar-refractivity contribution in [2.45, 2.75) is 13.5 Å². The first-order valence-corrected chi connectivity index (χ1v) is 11.1. The van der Waals surface area contributed by atoms with Crippen LogP contribution in [0.15, 0.2) is 101 Å². The molecule has 2 amide bonds. The number of rotatable bonds is 7. The van der Waals surface area contributed by atoms with Crippen LogP contribution >= 0.6 is 11.6 Å². The van der Waals surface area contributed by atoms with Crippen LogP contribution in [-0.2, 0) is 11.3 Å². The summed E-state index contributed by atoms with van der Waals surface area (Å²) < 4.78 is 5.91. The van der Waals surface area contributed by atoms with E-state index < -0.39 is 5.91 Å². The molecule has 0 spiro atoms. The second-order valence-electron chi connectivity index (χ2n) is 7.76. The van der Waals surface area contributed by atoms with Gasteiger partial charge in [0.05, 0.1) is 0 Å². The van der Waals surface area contributed by atoms with Gasteiger partial charge in [0.25, 0.3) is 11.8 Å². The zero-order chi connectivity index (χ0) is 23.9. The molecule has 0 aliphatic heterocycles. The Morgan fingerprint density at radius 3 is 2.29 bits per heavy atom. The van der Waals surface area contributed by atoms with E-state index in [-0.39, 0.29) is 11.6 Å². The summed E-state index contributed by atoms with van der Waals surface area (Å²) in [6.07, 6.45) is 1.52. The first-order valence-electron chi connectivity index (χ1n) is 10.8. The van der Waals surface area contributed by atoms with Crippen molar-refractivity contribution in [1.29, 1.82) is 0 Å². The summed E-state index contributed by atoms with van der Waals surface area (Å²) in [7, 11) is 0. The molecule has 0 aliphatic rings. The standard InChI is InChI=1S/C28H23ClN2O3/c1-19-7-9-22(10-8-19)27(32)31-25(28(33)30-18-20-5-3-2-4-6-20)17-24-15-16-26(34-24)21-11-13-23(29)14-12-21/h2-17H,18H2,1H3,(H,30,33)(H,31,32). The van der Waals surface area contributed by atoms with Crippen molar-refractivity contribution < 1.29 is 14.0 Å². The molecular weight excluding hydrogens is 448 g/mol. The van der Waals surface area contributed by atoms with Gasteiger partial charge in [-0.25, -0.2) is 0 Å². The fourth-order valence-corrected chi connectivity index (χ4v) is 3.40. The molecule has 1 heterocycles. The van der Waals surface area contributed by atoms with Gasteiger partial charge in [0.1, 0.15) is 17.2 Å². The number of nitrogens with one attached hydrogen (secondary N) is 2. The minimum absolute atomic E-state index is 0.0820. The van der Waals surface area contributed by atoms with E-state index in [0.29, 0.717) is 28.7 Å². The molecule has 0 radical (unpaired) electrons. The van der Waals surface area contributed by atoms with E-state index in [2.05, 4.69) is 10.6 Å². The van der Waals surface area contributed by atoms with Crippen LogP contribution in [-0.4, -0.2) is 11.8 Å². The molecule has 0 atom stereocenters. The van der Waals surface area contributed by atoms with Crippen molar-refractivity contribution in [1.82, 2.24) is 10.6 Å². The predicted octanol–water partition coefficient (Wildman–Crippen LogP) is 6.00. The highest BCUT2D eigenvalue weighted by atomic mass is 35.5. The minimum Gasteiger partial charge on any atom is -0.457 e. The van der Waals surface area contributed by atoms with Gasteiger partial charge in [0, 0.05) is 28.8 Å². The minimum atomic E-state index is -0.422. The molecule has 6 heteroatoms. The molecule has 0 unspecified atom stereocenters. The fraction of sp³-hybridized carbons (Fsp3) is 0.0714. The number of hydrogen-bond acceptors (Lipinski definition) is 3. The summed E-state index contributed by atoms with van der Waals surface area (Å²) >= 11 is 5.96. The fourth-order valence-electron chi connectivity index (χ4n) is 3.27. The van der Waals surface area contributed by atoms with Gasteiger partial charge < -0.3 is 15.1 Å². The van der Waals surface area contributed by atoms with Crippen LogP contribution in [0.3, 0.4) is 0 Å². The number of benzene rings is 3. The number of carbonyl (C=O) groups excluding carboxylic acids is 2. The molecule has 0 fully saturated rings. The summed E-state index contributed by atoms with van der Waals surface area (Å²) in [5, 5.41) is 6.21. The molecule has 0 saturated carbocycles. The van der Waals surface area contributed by atoms with Gasteiger partial charge in [-0.3, -0.25) is 9.59 Å². The molecule has 0 bridgehead atoms. The number of halogens is 1. The Bertz CT molecular complexity index is 1310. The molecule has 170 valence electrons. The maximum Gasteiger partial charge on any atom is 0.268 e. The molecule has 2 N–H and O–H groups in total. The van der Waals surface area contributed by atoms with E-state index in [0.717, 1.165) is 16.7 Å². The summed E-state index contributed by atoms with van der Waals surface area (Å²) in [5.41, 5.74) is 3.37. The summed E-state index contributed by atoms with van der Waals surface area (Å²) in [6, 6.07) is 27.5. The topological polar surface area (TPSA) is 71.3 Å². The highest BCUT2D eigenvalue weighted by Crippen LogP contribution is 2.24. The van der Waals surface area contributed by atoms with Crippen molar-refractivity contribution in [3.63, 3.8) is 0 Å². The Kier molecular flexibility index (Phi) is 7.25. The van der Waals surface area contributed by atoms with Crippen molar-refractivity contribution >= 4 is 29.5 Å². The number of furan rings is 1. The van der Waals surface area contributed by atoms with Crippen molar-refractivity contribution in [2.75, 3.05) is 0 Å². The lowest BCUT2D eigenvalue weighted by Gasteiger charge is -2.11. The van der Waals surface area contributed by atoms with Gasteiger partial charge in [-0.05, 0) is 61.0 Å². The molecule has 34 heavy (non-hydrogen) atoms. The Labute approximate surface area is 203 Å². The molecule has 4 rings (SSSR count). The largest absolute Gasteiger partial charge is 0.457 e. The zero-order valence-electron chi connectivity index (χ0n) is 18.5. The average molecular weight is 471 g/mol. The third-order valence-corrected chi connectivity index (χ3v) is 5.40. The van der Waals surface area contributed by atoms with E-state index in [1.165, 1.54) is 6.08 Å². The molecule has 4 aromatic rings. The Morgan fingerprint density at radius 2 is 1.59 bits per heavy atom. The first kappa shape index (κ1) is 23.1. The predicted molar refractivity (Wildman–Crippen MR) is 134 cm³/mol. The van der Waals surface area contributed by atoms with Gasteiger partial charge in [0.2, 0.25) is 0 Å². The van der Waals surface area contributed by atoms with Crippen LogP contribution in [0.25, 0.3) is 17.4 Å². The molecule has 0 saturated heterocycles. The lowest BCUT2D eigenvalue weighted by molar-refractivity contribution is -0.117. The molecule has 5 nitrogen and oxygen atoms in total. The van der Waals surface area contributed by atoms with Crippen LogP contribution in [0.2, 0.25) is 5.02 Å². The third kappa shape index (κ3) is 6.03. The Morgan fingerprint density at radius 1 is 0.882 bits per heavy atom. The number of amides is 2. The number of aryl methyl sites for hydroxylation is 1. The Hall–Kier alpha value is -4.09. The van der Waals surface area contributed by atoms with Crippen molar-refractivity contribution in [3.05, 3.63) is 124 Å². The SMILES string of the molecule is Cc1ccc(C(=O)NC(=Cc2ccc(-c3ccc(Cl)cc3)o2)C(=O)NCc2ccccc2)cc1. The lowest BCUT2D eigenvalue weighted by Crippen LogP contribution is -2.34. The van der Waals surface area contributed by atoms with Crippen LogP contribution < -0.4 is 10.6 Å². The van der Waals surface area contributed by atoms with Crippen molar-refractivity contribution in [3.8, 4) is 11.3 Å². The second kappa shape index (κ2) is 10.7. The van der Waals surface area contributed by atoms with E-state index in [4.69, 9.17) is 16.0 Å². The molecule has 1 aromatic heterocycles. The van der Waals surface area contributed by atoms with Gasteiger partial charge in [-0.2, -0.15) is 0 Å². The quantitative estimate of drug-likeness (QED) is 0.325. The smallest absolute Gasteiger partial charge is 0.268 e. The molecule has 3 aromatic carbocycles.